The van der Waals surface area contributed by atoms with Gasteiger partial charge < -0.3 is 24.4 Å². The number of fused-ring (bicyclic) bond motifs is 2. The van der Waals surface area contributed by atoms with E-state index < -0.39 is 35.6 Å². The normalized spacial score (nSPS) is 29.1. The molecule has 2 amide bonds. The van der Waals surface area contributed by atoms with Gasteiger partial charge in [0.25, 0.3) is 5.91 Å². The van der Waals surface area contributed by atoms with E-state index in [-0.39, 0.29) is 36.4 Å². The molecule has 3 saturated heterocycles. The fourth-order valence-corrected chi connectivity index (χ4v) is 7.61. The van der Waals surface area contributed by atoms with Crippen molar-refractivity contribution in [2.24, 2.45) is 11.8 Å². The lowest BCUT2D eigenvalue weighted by Crippen LogP contribution is -2.57. The van der Waals surface area contributed by atoms with Crippen molar-refractivity contribution < 1.29 is 29.0 Å². The number of ether oxygens (including phenoxy) is 2. The maximum atomic E-state index is 14.6. The summed E-state index contributed by atoms with van der Waals surface area (Å²) in [5.74, 6) is -2.52. The Balaban J connectivity index is 1.56. The highest BCUT2D eigenvalue weighted by Gasteiger charge is 2.77. The number of esters is 1. The molecule has 39 heavy (non-hydrogen) atoms. The van der Waals surface area contributed by atoms with Gasteiger partial charge in [-0.15, -0.1) is 6.58 Å². The van der Waals surface area contributed by atoms with Crippen molar-refractivity contribution in [1.82, 2.24) is 4.90 Å². The number of hydrogen-bond donors (Lipinski definition) is 1. The first-order valence-corrected chi connectivity index (χ1v) is 14.6. The van der Waals surface area contributed by atoms with E-state index in [1.807, 2.05) is 42.5 Å². The lowest BCUT2D eigenvalue weighted by atomic mass is 9.70. The zero-order chi connectivity index (χ0) is 27.7. The van der Waals surface area contributed by atoms with Crippen molar-refractivity contribution >= 4 is 50.2 Å². The summed E-state index contributed by atoms with van der Waals surface area (Å²) in [5, 5.41) is 11.3. The number of hydrogen-bond acceptors (Lipinski definition) is 6. The van der Waals surface area contributed by atoms with Gasteiger partial charge in [0, 0.05) is 30.2 Å². The van der Waals surface area contributed by atoms with Gasteiger partial charge in [-0.3, -0.25) is 14.4 Å². The Kier molecular flexibility index (Phi) is 8.12. The van der Waals surface area contributed by atoms with Gasteiger partial charge in [-0.05, 0) is 55.5 Å². The van der Waals surface area contributed by atoms with E-state index in [0.29, 0.717) is 37.9 Å². The predicted molar refractivity (Wildman–Crippen MR) is 151 cm³/mol. The number of anilines is 1. The Morgan fingerprint density at radius 3 is 2.72 bits per heavy atom. The highest BCUT2D eigenvalue weighted by Crippen LogP contribution is 2.60. The minimum absolute atomic E-state index is 0.0684. The number of benzene rings is 2. The van der Waals surface area contributed by atoms with Gasteiger partial charge in [-0.1, -0.05) is 52.3 Å². The van der Waals surface area contributed by atoms with E-state index in [9.17, 15) is 19.5 Å². The zero-order valence-electron chi connectivity index (χ0n) is 22.1. The second kappa shape index (κ2) is 11.4. The number of halogens is 1. The fourth-order valence-electron chi connectivity index (χ4n) is 6.67. The Labute approximate surface area is 237 Å². The van der Waals surface area contributed by atoms with Crippen molar-refractivity contribution in [1.29, 1.82) is 0 Å². The average molecular weight is 600 g/mol. The number of amides is 2. The molecule has 0 saturated carbocycles. The first-order valence-electron chi connectivity index (χ1n) is 13.7. The monoisotopic (exact) mass is 598 g/mol. The molecule has 9 heteroatoms. The number of nitrogens with zero attached hydrogens (tertiary/aromatic N) is 2. The maximum Gasteiger partial charge on any atom is 0.312 e. The summed E-state index contributed by atoms with van der Waals surface area (Å²) in [7, 11) is 0. The van der Waals surface area contributed by atoms with Gasteiger partial charge in [0.2, 0.25) is 5.91 Å². The molecule has 0 aromatic heterocycles. The summed E-state index contributed by atoms with van der Waals surface area (Å²) in [6.45, 7) is 6.48. The predicted octanol–water partition coefficient (Wildman–Crippen LogP) is 3.83. The summed E-state index contributed by atoms with van der Waals surface area (Å²) in [6.07, 6.45) is 3.52. The average Bonchev–Trinajstić information content (AvgIpc) is 3.52. The highest BCUT2D eigenvalue weighted by atomic mass is 79.9. The third-order valence-corrected chi connectivity index (χ3v) is 9.11. The summed E-state index contributed by atoms with van der Waals surface area (Å²) >= 11 is 3.68. The van der Waals surface area contributed by atoms with Crippen LogP contribution in [-0.4, -0.2) is 76.7 Å². The van der Waals surface area contributed by atoms with Crippen LogP contribution in [0.25, 0.3) is 10.8 Å². The van der Waals surface area contributed by atoms with Crippen LogP contribution in [0.2, 0.25) is 0 Å². The van der Waals surface area contributed by atoms with E-state index in [4.69, 9.17) is 9.47 Å². The van der Waals surface area contributed by atoms with Crippen molar-refractivity contribution in [3.8, 4) is 0 Å². The number of carbonyl (C=O) groups excluding carboxylic acids is 3. The van der Waals surface area contributed by atoms with Gasteiger partial charge in [-0.2, -0.15) is 0 Å². The lowest BCUT2D eigenvalue weighted by molar-refractivity contribution is -0.154. The van der Waals surface area contributed by atoms with Crippen LogP contribution >= 0.6 is 15.9 Å². The number of likely N-dealkylation sites (tertiary alicyclic amines) is 1. The quantitative estimate of drug-likeness (QED) is 0.183. The molecule has 1 N–H and O–H groups in total. The molecule has 3 aliphatic heterocycles. The fraction of sp³-hybridized carbons (Fsp3) is 0.500. The Hall–Kier alpha value is -2.75. The molecule has 2 aromatic carbocycles. The molecule has 8 nitrogen and oxygen atoms in total. The molecular formula is C30H35BrN2O6. The van der Waals surface area contributed by atoms with E-state index in [2.05, 4.69) is 22.5 Å². The van der Waals surface area contributed by atoms with Crippen LogP contribution in [0.1, 0.15) is 32.6 Å². The van der Waals surface area contributed by atoms with Crippen LogP contribution < -0.4 is 4.90 Å². The summed E-state index contributed by atoms with van der Waals surface area (Å²) in [4.78, 5) is 44.8. The largest absolute Gasteiger partial charge is 0.466 e. The first kappa shape index (κ1) is 27.8. The summed E-state index contributed by atoms with van der Waals surface area (Å²) < 4.78 is 11.9. The number of alkyl halides is 1. The summed E-state index contributed by atoms with van der Waals surface area (Å²) in [5.41, 5.74) is -0.437. The van der Waals surface area contributed by atoms with Gasteiger partial charge in [0.15, 0.2) is 0 Å². The van der Waals surface area contributed by atoms with Crippen molar-refractivity contribution in [3.63, 3.8) is 0 Å². The number of rotatable bonds is 11. The second-order valence-corrected chi connectivity index (χ2v) is 11.7. The van der Waals surface area contributed by atoms with E-state index in [1.54, 1.807) is 22.8 Å². The molecule has 6 atom stereocenters. The van der Waals surface area contributed by atoms with Gasteiger partial charge in [-0.25, -0.2) is 0 Å². The van der Waals surface area contributed by atoms with Crippen LogP contribution in [0, 0.1) is 11.8 Å². The van der Waals surface area contributed by atoms with Gasteiger partial charge in [0.05, 0.1) is 24.5 Å². The molecule has 0 radical (unpaired) electrons. The van der Waals surface area contributed by atoms with E-state index >= 15 is 0 Å². The summed E-state index contributed by atoms with van der Waals surface area (Å²) in [6, 6.07) is 12.9. The van der Waals surface area contributed by atoms with Crippen molar-refractivity contribution in [3.05, 3.63) is 55.1 Å². The van der Waals surface area contributed by atoms with Crippen molar-refractivity contribution in [2.45, 2.75) is 55.2 Å². The Morgan fingerprint density at radius 2 is 2.00 bits per heavy atom. The first-order chi connectivity index (χ1) is 18.9. The standard InChI is InChI=1S/C30H35BrN2O6/c1-3-14-32(21-13-12-19-10-6-7-11-20(19)17-21)28(36)26-30-18-22(31)25(39-30)23(29(37)38-4-2)24(30)27(35)33(26)15-8-5-9-16-34/h3,6-7,10-13,17,22-26,34H,1,4-5,8-9,14-16,18H2,2H3/t22?,23-,24+,25-,26-,30+/m1/s1. The minimum Gasteiger partial charge on any atom is -0.466 e. The number of carbonyl (C=O) groups is 3. The van der Waals surface area contributed by atoms with Crippen LogP contribution in [0.15, 0.2) is 55.1 Å². The molecule has 1 spiro atoms. The molecule has 3 fully saturated rings. The van der Waals surface area contributed by atoms with Crippen LogP contribution in [0.5, 0.6) is 0 Å². The highest BCUT2D eigenvalue weighted by molar-refractivity contribution is 9.09. The molecule has 1 unspecified atom stereocenters. The van der Waals surface area contributed by atoms with Gasteiger partial charge in [0.1, 0.15) is 11.6 Å². The van der Waals surface area contributed by atoms with E-state index in [0.717, 1.165) is 10.8 Å². The smallest absolute Gasteiger partial charge is 0.312 e. The van der Waals surface area contributed by atoms with Crippen LogP contribution in [-0.2, 0) is 23.9 Å². The number of aliphatic hydroxyl groups excluding tert-OH is 1. The van der Waals surface area contributed by atoms with Crippen LogP contribution in [0.4, 0.5) is 5.69 Å². The topological polar surface area (TPSA) is 96.4 Å². The molecule has 3 heterocycles. The Morgan fingerprint density at radius 1 is 1.23 bits per heavy atom. The minimum atomic E-state index is -1.14. The second-order valence-electron chi connectivity index (χ2n) is 10.5. The van der Waals surface area contributed by atoms with Gasteiger partial charge >= 0.3 is 5.97 Å². The molecule has 208 valence electrons. The number of unbranched alkanes of at least 4 members (excludes halogenated alkanes) is 2. The molecule has 5 rings (SSSR count). The Bertz CT molecular complexity index is 1270. The molecular weight excluding hydrogens is 564 g/mol. The molecule has 2 aromatic rings. The molecule has 3 aliphatic rings. The van der Waals surface area contributed by atoms with Crippen molar-refractivity contribution in [2.75, 3.05) is 31.2 Å². The number of aliphatic hydroxyl groups is 1. The third-order valence-electron chi connectivity index (χ3n) is 8.26. The van der Waals surface area contributed by atoms with Crippen LogP contribution in [0.3, 0.4) is 0 Å². The molecule has 2 bridgehead atoms. The lowest BCUT2D eigenvalue weighted by Gasteiger charge is -2.37. The maximum absolute atomic E-state index is 14.6. The molecule has 0 aliphatic carbocycles. The van der Waals surface area contributed by atoms with E-state index in [1.165, 1.54) is 0 Å². The zero-order valence-corrected chi connectivity index (χ0v) is 23.7. The third kappa shape index (κ3) is 4.68. The SMILES string of the molecule is C=CCN(C(=O)[C@H]1N(CCCCCO)C(=O)[C@@H]2[C@@H](C(=O)OCC)[C@@H]3O[C@@]21CC3Br)c1ccc2ccccc2c1.